The molecular formula is C8H7Cl2NO3S. The van der Waals surface area contributed by atoms with Crippen molar-refractivity contribution in [2.75, 3.05) is 5.32 Å². The molecule has 0 spiro atoms. The summed E-state index contributed by atoms with van der Waals surface area (Å²) < 4.78 is 22.0. The molecule has 82 valence electrons. The number of carbonyl (C=O) groups is 1. The number of anilines is 1. The molecule has 0 aromatic heterocycles. The van der Waals surface area contributed by atoms with Crippen LogP contribution >= 0.6 is 22.3 Å². The van der Waals surface area contributed by atoms with Crippen molar-refractivity contribution in [2.24, 2.45) is 0 Å². The predicted octanol–water partition coefficient (Wildman–Crippen LogP) is 2.23. The number of carbonyl (C=O) groups excluding carboxylic acids is 1. The third-order valence-corrected chi connectivity index (χ3v) is 3.02. The van der Waals surface area contributed by atoms with Crippen LogP contribution in [0.1, 0.15) is 6.92 Å². The molecule has 0 aliphatic carbocycles. The lowest BCUT2D eigenvalue weighted by atomic mass is 10.3. The standard InChI is InChI=1S/C8H7Cl2NO3S/c1-5(12)11-7-2-6(9)3-8(4-7)15(10,13)14/h2-4H,1H3,(H,11,12). The zero-order valence-corrected chi connectivity index (χ0v) is 9.95. The van der Waals surface area contributed by atoms with Gasteiger partial charge >= 0.3 is 0 Å². The third kappa shape index (κ3) is 3.70. The zero-order valence-electron chi connectivity index (χ0n) is 7.62. The van der Waals surface area contributed by atoms with Crippen LogP contribution in [0.15, 0.2) is 23.1 Å². The number of nitrogens with one attached hydrogen (secondary N) is 1. The fraction of sp³-hybridized carbons (Fsp3) is 0.125. The molecule has 0 fully saturated rings. The van der Waals surface area contributed by atoms with Crippen LogP contribution < -0.4 is 5.32 Å². The normalized spacial score (nSPS) is 11.1. The van der Waals surface area contributed by atoms with Gasteiger partial charge in [0.05, 0.1) is 4.90 Å². The maximum atomic E-state index is 11.0. The fourth-order valence-corrected chi connectivity index (χ4v) is 2.08. The summed E-state index contributed by atoms with van der Waals surface area (Å²) in [6.07, 6.45) is 0. The van der Waals surface area contributed by atoms with Gasteiger partial charge in [0.15, 0.2) is 0 Å². The Morgan fingerprint density at radius 2 is 1.93 bits per heavy atom. The van der Waals surface area contributed by atoms with Gasteiger partial charge in [-0.25, -0.2) is 8.42 Å². The minimum Gasteiger partial charge on any atom is -0.326 e. The molecule has 0 aliphatic heterocycles. The van der Waals surface area contributed by atoms with E-state index in [0.29, 0.717) is 0 Å². The van der Waals surface area contributed by atoms with E-state index >= 15 is 0 Å². The van der Waals surface area contributed by atoms with Gasteiger partial charge < -0.3 is 5.32 Å². The van der Waals surface area contributed by atoms with Crippen molar-refractivity contribution < 1.29 is 13.2 Å². The summed E-state index contributed by atoms with van der Waals surface area (Å²) in [7, 11) is 1.29. The number of benzene rings is 1. The molecule has 0 saturated carbocycles. The van der Waals surface area contributed by atoms with Crippen LogP contribution in [-0.2, 0) is 13.8 Å². The monoisotopic (exact) mass is 267 g/mol. The van der Waals surface area contributed by atoms with E-state index in [-0.39, 0.29) is 21.5 Å². The zero-order chi connectivity index (χ0) is 11.6. The second-order valence-corrected chi connectivity index (χ2v) is 5.80. The molecule has 0 heterocycles. The second-order valence-electron chi connectivity index (χ2n) is 2.79. The summed E-state index contributed by atoms with van der Waals surface area (Å²) >= 11 is 5.67. The topological polar surface area (TPSA) is 63.2 Å². The van der Waals surface area contributed by atoms with E-state index in [1.54, 1.807) is 0 Å². The van der Waals surface area contributed by atoms with Gasteiger partial charge in [-0.2, -0.15) is 0 Å². The maximum absolute atomic E-state index is 11.0. The van der Waals surface area contributed by atoms with Gasteiger partial charge in [0.25, 0.3) is 9.05 Å². The maximum Gasteiger partial charge on any atom is 0.261 e. The highest BCUT2D eigenvalue weighted by Gasteiger charge is 2.12. The van der Waals surface area contributed by atoms with Crippen LogP contribution in [0, 0.1) is 0 Å². The Balaban J connectivity index is 3.23. The first-order chi connectivity index (χ1) is 6.79. The van der Waals surface area contributed by atoms with E-state index < -0.39 is 9.05 Å². The van der Waals surface area contributed by atoms with Gasteiger partial charge in [-0.3, -0.25) is 4.79 Å². The van der Waals surface area contributed by atoms with Crippen LogP contribution in [0.25, 0.3) is 0 Å². The van der Waals surface area contributed by atoms with E-state index in [4.69, 9.17) is 22.3 Å². The first-order valence-corrected chi connectivity index (χ1v) is 6.50. The highest BCUT2D eigenvalue weighted by Crippen LogP contribution is 2.24. The Morgan fingerprint density at radius 3 is 2.40 bits per heavy atom. The highest BCUT2D eigenvalue weighted by molar-refractivity contribution is 8.13. The molecule has 0 radical (unpaired) electrons. The van der Waals surface area contributed by atoms with E-state index in [2.05, 4.69) is 5.32 Å². The quantitative estimate of drug-likeness (QED) is 0.836. The predicted molar refractivity (Wildman–Crippen MR) is 58.8 cm³/mol. The summed E-state index contributed by atoms with van der Waals surface area (Å²) in [6.45, 7) is 1.30. The number of rotatable bonds is 2. The Hall–Kier alpha value is -0.780. The van der Waals surface area contributed by atoms with E-state index in [0.717, 1.165) is 0 Å². The number of halogens is 2. The van der Waals surface area contributed by atoms with E-state index in [1.807, 2.05) is 0 Å². The molecule has 7 heteroatoms. The lowest BCUT2D eigenvalue weighted by molar-refractivity contribution is -0.114. The molecule has 1 aromatic rings. The molecule has 1 N–H and O–H groups in total. The van der Waals surface area contributed by atoms with E-state index in [1.165, 1.54) is 25.1 Å². The molecule has 0 atom stereocenters. The first-order valence-electron chi connectivity index (χ1n) is 3.82. The molecule has 15 heavy (non-hydrogen) atoms. The number of hydrogen-bond donors (Lipinski definition) is 1. The second kappa shape index (κ2) is 4.38. The SMILES string of the molecule is CC(=O)Nc1cc(Cl)cc(S(=O)(=O)Cl)c1. The van der Waals surface area contributed by atoms with Gasteiger partial charge in [-0.1, -0.05) is 11.6 Å². The number of hydrogen-bond acceptors (Lipinski definition) is 3. The number of amides is 1. The molecule has 1 amide bonds. The van der Waals surface area contributed by atoms with Gasteiger partial charge in [-0.15, -0.1) is 0 Å². The van der Waals surface area contributed by atoms with Crippen LogP contribution in [0.4, 0.5) is 5.69 Å². The molecule has 0 aliphatic rings. The largest absolute Gasteiger partial charge is 0.326 e. The van der Waals surface area contributed by atoms with Crippen molar-refractivity contribution >= 4 is 42.9 Å². The average Bonchev–Trinajstić information content (AvgIpc) is 1.99. The highest BCUT2D eigenvalue weighted by atomic mass is 35.7. The van der Waals surface area contributed by atoms with E-state index in [9.17, 15) is 13.2 Å². The van der Waals surface area contributed by atoms with Crippen molar-refractivity contribution in [1.82, 2.24) is 0 Å². The Bertz CT molecular complexity index is 499. The third-order valence-electron chi connectivity index (χ3n) is 1.47. The Morgan fingerprint density at radius 1 is 1.33 bits per heavy atom. The first kappa shape index (κ1) is 12.3. The van der Waals surface area contributed by atoms with Gasteiger partial charge in [0.1, 0.15) is 0 Å². The lowest BCUT2D eigenvalue weighted by Crippen LogP contribution is -2.06. The Labute approximate surface area is 96.6 Å². The molecule has 0 bridgehead atoms. The summed E-state index contributed by atoms with van der Waals surface area (Å²) in [5.74, 6) is -0.324. The molecule has 0 unspecified atom stereocenters. The summed E-state index contributed by atoms with van der Waals surface area (Å²) in [6, 6.07) is 3.86. The van der Waals surface area contributed by atoms with Crippen LogP contribution in [-0.4, -0.2) is 14.3 Å². The molecular weight excluding hydrogens is 261 g/mol. The van der Waals surface area contributed by atoms with Gasteiger partial charge in [-0.05, 0) is 18.2 Å². The molecule has 0 saturated heterocycles. The van der Waals surface area contributed by atoms with Gasteiger partial charge in [0, 0.05) is 28.3 Å². The van der Waals surface area contributed by atoms with Crippen molar-refractivity contribution in [3.63, 3.8) is 0 Å². The van der Waals surface area contributed by atoms with Crippen molar-refractivity contribution in [3.8, 4) is 0 Å². The summed E-state index contributed by atoms with van der Waals surface area (Å²) in [4.78, 5) is 10.6. The van der Waals surface area contributed by atoms with Crippen LogP contribution in [0.5, 0.6) is 0 Å². The molecule has 1 aromatic carbocycles. The van der Waals surface area contributed by atoms with Crippen molar-refractivity contribution in [3.05, 3.63) is 23.2 Å². The summed E-state index contributed by atoms with van der Waals surface area (Å²) in [5, 5.41) is 2.59. The van der Waals surface area contributed by atoms with Crippen molar-refractivity contribution in [2.45, 2.75) is 11.8 Å². The minimum atomic E-state index is -3.85. The van der Waals surface area contributed by atoms with Gasteiger partial charge in [0.2, 0.25) is 5.91 Å². The average molecular weight is 268 g/mol. The lowest BCUT2D eigenvalue weighted by Gasteiger charge is -2.04. The minimum absolute atomic E-state index is 0.152. The summed E-state index contributed by atoms with van der Waals surface area (Å²) in [5.41, 5.74) is 0.286. The Kier molecular flexibility index (Phi) is 3.59. The van der Waals surface area contributed by atoms with Crippen LogP contribution in [0.3, 0.4) is 0 Å². The molecule has 4 nitrogen and oxygen atoms in total. The van der Waals surface area contributed by atoms with Crippen LogP contribution in [0.2, 0.25) is 5.02 Å². The smallest absolute Gasteiger partial charge is 0.261 e. The fourth-order valence-electron chi connectivity index (χ4n) is 0.979. The van der Waals surface area contributed by atoms with Crippen molar-refractivity contribution in [1.29, 1.82) is 0 Å². The molecule has 1 rings (SSSR count).